The van der Waals surface area contributed by atoms with Crippen LogP contribution >= 0.6 is 50.8 Å². The number of aliphatic carboxylic acids is 1. The minimum atomic E-state index is -1.17. The minimum absolute atomic E-state index is 0.0301. The minimum Gasteiger partial charge on any atom is -0.484 e. The van der Waals surface area contributed by atoms with Gasteiger partial charge in [0.15, 0.2) is 10.1 Å². The van der Waals surface area contributed by atoms with Gasteiger partial charge in [-0.3, -0.25) is 14.5 Å². The fraction of sp³-hybridized carbons (Fsp3) is 0.261. The highest BCUT2D eigenvalue weighted by molar-refractivity contribution is 9.10. The topological polar surface area (TPSA) is 135 Å². The van der Waals surface area contributed by atoms with E-state index in [4.69, 9.17) is 9.15 Å². The van der Waals surface area contributed by atoms with E-state index in [2.05, 4.69) is 31.4 Å². The Bertz CT molecular complexity index is 1410. The molecule has 5 rings (SSSR count). The number of amides is 2. The van der Waals surface area contributed by atoms with E-state index in [0.717, 1.165) is 13.8 Å². The van der Waals surface area contributed by atoms with Gasteiger partial charge >= 0.3 is 5.97 Å². The molecule has 2 aromatic heterocycles. The SMILES string of the molecule is Cc1nnc(SCC2=C(C(=O)O)N3C(=O)[C@@H](NC(=O)c4ccc(COc5ccccc5Br)o4)[C@H]3SC2)s1. The van der Waals surface area contributed by atoms with Crippen molar-refractivity contribution in [1.29, 1.82) is 0 Å². The van der Waals surface area contributed by atoms with Crippen molar-refractivity contribution in [2.24, 2.45) is 0 Å². The Kier molecular flexibility index (Phi) is 7.60. The van der Waals surface area contributed by atoms with Gasteiger partial charge in [0, 0.05) is 11.5 Å². The highest BCUT2D eigenvalue weighted by Gasteiger charge is 2.54. The number of carbonyl (C=O) groups excluding carboxylic acids is 2. The van der Waals surface area contributed by atoms with Crippen LogP contribution in [-0.2, 0) is 16.2 Å². The average Bonchev–Trinajstić information content (AvgIpc) is 3.53. The zero-order valence-electron chi connectivity index (χ0n) is 19.2. The molecule has 1 aromatic carbocycles. The Morgan fingerprint density at radius 2 is 2.11 bits per heavy atom. The zero-order valence-corrected chi connectivity index (χ0v) is 23.2. The molecule has 0 aliphatic carbocycles. The molecule has 2 atom stereocenters. The van der Waals surface area contributed by atoms with Crippen LogP contribution in [0.5, 0.6) is 5.75 Å². The highest BCUT2D eigenvalue weighted by atomic mass is 79.9. The smallest absolute Gasteiger partial charge is 0.352 e. The van der Waals surface area contributed by atoms with Gasteiger partial charge in [-0.05, 0) is 52.7 Å². The Labute approximate surface area is 232 Å². The molecule has 37 heavy (non-hydrogen) atoms. The maximum atomic E-state index is 12.9. The molecule has 0 spiro atoms. The number of ether oxygens (including phenoxy) is 1. The number of nitrogens with one attached hydrogen (secondary N) is 1. The number of hydrogen-bond acceptors (Lipinski definition) is 10. The van der Waals surface area contributed by atoms with E-state index in [1.165, 1.54) is 45.8 Å². The van der Waals surface area contributed by atoms with Crippen molar-refractivity contribution in [3.8, 4) is 5.75 Å². The number of carboxylic acids is 1. The maximum Gasteiger partial charge on any atom is 0.352 e. The van der Waals surface area contributed by atoms with Crippen LogP contribution in [0.15, 0.2) is 60.9 Å². The third-order valence-corrected chi connectivity index (χ3v) is 9.56. The molecule has 4 heterocycles. The second-order valence-electron chi connectivity index (χ2n) is 7.98. The average molecular weight is 624 g/mol. The second-order valence-corrected chi connectivity index (χ2v) is 12.3. The number of rotatable bonds is 9. The van der Waals surface area contributed by atoms with Crippen molar-refractivity contribution in [2.75, 3.05) is 11.5 Å². The van der Waals surface area contributed by atoms with Crippen molar-refractivity contribution < 1.29 is 28.6 Å². The highest BCUT2D eigenvalue weighted by Crippen LogP contribution is 2.42. The largest absolute Gasteiger partial charge is 0.484 e. The summed E-state index contributed by atoms with van der Waals surface area (Å²) in [5.74, 6) is -0.278. The van der Waals surface area contributed by atoms with Crippen LogP contribution < -0.4 is 10.1 Å². The predicted molar refractivity (Wildman–Crippen MR) is 142 cm³/mol. The summed E-state index contributed by atoms with van der Waals surface area (Å²) >= 11 is 7.64. The first-order valence-corrected chi connectivity index (χ1v) is 14.6. The predicted octanol–water partition coefficient (Wildman–Crippen LogP) is 3.93. The first-order chi connectivity index (χ1) is 17.8. The number of aromatic nitrogens is 2. The molecule has 2 aliphatic rings. The summed E-state index contributed by atoms with van der Waals surface area (Å²) in [5, 5.41) is 20.8. The molecule has 10 nitrogen and oxygen atoms in total. The molecule has 1 fully saturated rings. The summed E-state index contributed by atoms with van der Waals surface area (Å²) in [6.07, 6.45) is 0. The number of fused-ring (bicyclic) bond motifs is 1. The fourth-order valence-corrected chi connectivity index (χ4v) is 7.48. The molecule has 0 bridgehead atoms. The van der Waals surface area contributed by atoms with E-state index in [0.29, 0.717) is 28.6 Å². The van der Waals surface area contributed by atoms with Crippen molar-refractivity contribution >= 4 is 68.6 Å². The number of carboxylic acid groups (broad SMARTS) is 1. The van der Waals surface area contributed by atoms with Crippen LogP contribution in [0.2, 0.25) is 0 Å². The number of carbonyl (C=O) groups is 3. The third-order valence-electron chi connectivity index (χ3n) is 5.51. The molecule has 0 unspecified atom stereocenters. The number of thioether (sulfide) groups is 2. The van der Waals surface area contributed by atoms with E-state index >= 15 is 0 Å². The molecule has 2 amide bonds. The van der Waals surface area contributed by atoms with Gasteiger partial charge in [-0.15, -0.1) is 22.0 Å². The molecule has 0 radical (unpaired) electrons. The maximum absolute atomic E-state index is 12.9. The second kappa shape index (κ2) is 10.9. The van der Waals surface area contributed by atoms with Crippen LogP contribution in [0.25, 0.3) is 0 Å². The number of nitrogens with zero attached hydrogens (tertiary/aromatic N) is 3. The van der Waals surface area contributed by atoms with Crippen LogP contribution in [0.1, 0.15) is 21.3 Å². The Morgan fingerprint density at radius 1 is 1.30 bits per heavy atom. The first-order valence-electron chi connectivity index (χ1n) is 10.9. The normalized spacial score (nSPS) is 18.9. The number of hydrogen-bond donors (Lipinski definition) is 2. The van der Waals surface area contributed by atoms with E-state index in [9.17, 15) is 19.5 Å². The number of aryl methyl sites for hydroxylation is 1. The monoisotopic (exact) mass is 622 g/mol. The Balaban J connectivity index is 1.21. The number of halogens is 1. The molecule has 14 heteroatoms. The quantitative estimate of drug-likeness (QED) is 0.267. The molecular formula is C23H19BrN4O6S3. The van der Waals surface area contributed by atoms with Crippen molar-refractivity contribution in [3.63, 3.8) is 0 Å². The number of para-hydroxylation sites is 1. The third kappa shape index (κ3) is 5.42. The molecular weight excluding hydrogens is 604 g/mol. The molecule has 192 valence electrons. The van der Waals surface area contributed by atoms with E-state index in [1.807, 2.05) is 25.1 Å². The molecule has 1 saturated heterocycles. The lowest BCUT2D eigenvalue weighted by Crippen LogP contribution is -2.70. The van der Waals surface area contributed by atoms with Gasteiger partial charge in [-0.25, -0.2) is 4.79 Å². The van der Waals surface area contributed by atoms with Crippen LogP contribution in [0.4, 0.5) is 0 Å². The van der Waals surface area contributed by atoms with Gasteiger partial charge in [0.05, 0.1) is 4.47 Å². The summed E-state index contributed by atoms with van der Waals surface area (Å²) in [6.45, 7) is 1.97. The van der Waals surface area contributed by atoms with E-state index in [1.54, 1.807) is 12.1 Å². The lowest BCUT2D eigenvalue weighted by atomic mass is 10.0. The van der Waals surface area contributed by atoms with Crippen LogP contribution in [0, 0.1) is 6.92 Å². The van der Waals surface area contributed by atoms with Crippen molar-refractivity contribution in [1.82, 2.24) is 20.4 Å². The summed E-state index contributed by atoms with van der Waals surface area (Å²) in [6, 6.07) is 9.66. The van der Waals surface area contributed by atoms with Crippen LogP contribution in [0.3, 0.4) is 0 Å². The zero-order chi connectivity index (χ0) is 26.1. The summed E-state index contributed by atoms with van der Waals surface area (Å²) in [4.78, 5) is 39.0. The Hall–Kier alpha value is -2.81. The lowest BCUT2D eigenvalue weighted by molar-refractivity contribution is -0.148. The number of benzene rings is 1. The first kappa shape index (κ1) is 25.8. The van der Waals surface area contributed by atoms with Gasteiger partial charge in [-0.2, -0.15) is 0 Å². The van der Waals surface area contributed by atoms with Crippen molar-refractivity contribution in [2.45, 2.75) is 29.3 Å². The van der Waals surface area contributed by atoms with Crippen molar-refractivity contribution in [3.05, 3.63) is 68.7 Å². The Morgan fingerprint density at radius 3 is 2.84 bits per heavy atom. The van der Waals surface area contributed by atoms with Gasteiger partial charge in [-0.1, -0.05) is 35.2 Å². The summed E-state index contributed by atoms with van der Waals surface area (Å²) in [5.41, 5.74) is 0.600. The van der Waals surface area contributed by atoms with Gasteiger partial charge in [0.1, 0.15) is 40.2 Å². The standard InChI is InChI=1S/C23H19BrN4O6S3/c1-11-26-27-23(37-11)36-10-12-9-35-21-17(20(30)28(21)18(12)22(31)32)25-19(29)16-7-6-13(34-16)8-33-15-5-3-2-4-14(15)24/h2-7,17,21H,8-10H2,1H3,(H,25,29)(H,31,32)/t17-,21-/m1/s1. The molecule has 0 saturated carbocycles. The molecule has 2 N–H and O–H groups in total. The van der Waals surface area contributed by atoms with Gasteiger partial charge < -0.3 is 19.6 Å². The molecule has 2 aliphatic heterocycles. The van der Waals surface area contributed by atoms with E-state index < -0.39 is 29.2 Å². The number of furan rings is 1. The lowest BCUT2D eigenvalue weighted by Gasteiger charge is -2.49. The summed E-state index contributed by atoms with van der Waals surface area (Å²) in [7, 11) is 0. The van der Waals surface area contributed by atoms with E-state index in [-0.39, 0.29) is 18.1 Å². The van der Waals surface area contributed by atoms with Crippen LogP contribution in [-0.4, -0.2) is 60.9 Å². The molecule has 3 aromatic rings. The number of β-lactam (4-membered cyclic amide) rings is 1. The summed E-state index contributed by atoms with van der Waals surface area (Å²) < 4.78 is 12.8. The van der Waals surface area contributed by atoms with Gasteiger partial charge in [0.25, 0.3) is 11.8 Å². The fourth-order valence-electron chi connectivity index (χ4n) is 3.78. The van der Waals surface area contributed by atoms with Gasteiger partial charge in [0.2, 0.25) is 0 Å².